The molecule has 0 spiro atoms. The van der Waals surface area contributed by atoms with Gasteiger partial charge in [-0.1, -0.05) is 51.1 Å². The summed E-state index contributed by atoms with van der Waals surface area (Å²) in [5.41, 5.74) is 6.36. The predicted molar refractivity (Wildman–Crippen MR) is 111 cm³/mol. The molecule has 6 nitrogen and oxygen atoms in total. The highest BCUT2D eigenvalue weighted by molar-refractivity contribution is 6.10. The van der Waals surface area contributed by atoms with Gasteiger partial charge in [-0.25, -0.2) is 0 Å². The highest BCUT2D eigenvalue weighted by atomic mass is 16.6. The number of carbonyl (C=O) groups excluding carboxylic acids is 2. The second-order valence-electron chi connectivity index (χ2n) is 8.09. The van der Waals surface area contributed by atoms with Crippen molar-refractivity contribution < 1.29 is 24.2 Å². The molecule has 0 aliphatic carbocycles. The lowest BCUT2D eigenvalue weighted by Gasteiger charge is -2.23. The van der Waals surface area contributed by atoms with Crippen LogP contribution in [0.4, 0.5) is 0 Å². The Morgan fingerprint density at radius 3 is 2.34 bits per heavy atom. The Morgan fingerprint density at radius 1 is 1.07 bits per heavy atom. The zero-order valence-corrected chi connectivity index (χ0v) is 17.2. The fourth-order valence-corrected chi connectivity index (χ4v) is 2.96. The van der Waals surface area contributed by atoms with Crippen molar-refractivity contribution in [3.8, 4) is 11.5 Å². The first-order valence-corrected chi connectivity index (χ1v) is 9.63. The van der Waals surface area contributed by atoms with E-state index in [4.69, 9.17) is 15.2 Å². The standard InChI is InChI=1S/C23H29NO5/c1-23(2,3)14-17(15-24)22(27)29-12-11-28-18-9-10-19(20(25)13-18)21(26)16-7-5-4-6-8-16/h4-10,13,17,25H,11-12,14-15,24H2,1-3H3. The molecule has 2 rings (SSSR count). The van der Waals surface area contributed by atoms with Gasteiger partial charge in [0.2, 0.25) is 0 Å². The van der Waals surface area contributed by atoms with Crippen molar-refractivity contribution >= 4 is 11.8 Å². The van der Waals surface area contributed by atoms with Crippen LogP contribution >= 0.6 is 0 Å². The van der Waals surface area contributed by atoms with Crippen molar-refractivity contribution in [3.05, 3.63) is 59.7 Å². The summed E-state index contributed by atoms with van der Waals surface area (Å²) in [6.07, 6.45) is 0.647. The second-order valence-corrected chi connectivity index (χ2v) is 8.09. The molecule has 0 aromatic heterocycles. The molecule has 0 aliphatic heterocycles. The van der Waals surface area contributed by atoms with Crippen LogP contribution in [0.1, 0.15) is 43.1 Å². The zero-order valence-electron chi connectivity index (χ0n) is 17.2. The number of aromatic hydroxyl groups is 1. The molecule has 0 heterocycles. The number of ether oxygens (including phenoxy) is 2. The molecular formula is C23H29NO5. The summed E-state index contributed by atoms with van der Waals surface area (Å²) in [6.45, 7) is 6.58. The first-order chi connectivity index (χ1) is 13.7. The Bertz CT molecular complexity index is 827. The number of hydrogen-bond acceptors (Lipinski definition) is 6. The number of phenolic OH excluding ortho intramolecular Hbond substituents is 1. The largest absolute Gasteiger partial charge is 0.507 e. The smallest absolute Gasteiger partial charge is 0.310 e. The molecule has 0 bridgehead atoms. The molecule has 0 saturated carbocycles. The van der Waals surface area contributed by atoms with E-state index in [-0.39, 0.29) is 54.2 Å². The molecule has 3 N–H and O–H groups in total. The topological polar surface area (TPSA) is 98.9 Å². The van der Waals surface area contributed by atoms with E-state index in [9.17, 15) is 14.7 Å². The van der Waals surface area contributed by atoms with Crippen LogP contribution in [0.5, 0.6) is 11.5 Å². The van der Waals surface area contributed by atoms with Gasteiger partial charge in [0.15, 0.2) is 5.78 Å². The number of phenols is 1. The lowest BCUT2D eigenvalue weighted by molar-refractivity contribution is -0.150. The van der Waals surface area contributed by atoms with E-state index in [1.807, 2.05) is 26.8 Å². The van der Waals surface area contributed by atoms with Gasteiger partial charge in [0.25, 0.3) is 0 Å². The van der Waals surface area contributed by atoms with Gasteiger partial charge in [-0.2, -0.15) is 0 Å². The lowest BCUT2D eigenvalue weighted by atomic mass is 9.85. The summed E-state index contributed by atoms with van der Waals surface area (Å²) in [4.78, 5) is 24.6. The molecule has 0 amide bonds. The Hall–Kier alpha value is -2.86. The minimum atomic E-state index is -0.345. The zero-order chi connectivity index (χ0) is 21.4. The Labute approximate surface area is 171 Å². The van der Waals surface area contributed by atoms with Crippen LogP contribution in [-0.4, -0.2) is 36.6 Å². The van der Waals surface area contributed by atoms with Gasteiger partial charge in [0, 0.05) is 18.2 Å². The van der Waals surface area contributed by atoms with Gasteiger partial charge in [-0.3, -0.25) is 9.59 Å². The van der Waals surface area contributed by atoms with Crippen molar-refractivity contribution in [2.24, 2.45) is 17.1 Å². The number of carbonyl (C=O) groups is 2. The summed E-state index contributed by atoms with van der Waals surface area (Å²) in [6, 6.07) is 13.2. The molecule has 2 aromatic carbocycles. The van der Waals surface area contributed by atoms with E-state index >= 15 is 0 Å². The van der Waals surface area contributed by atoms with Crippen LogP contribution in [0, 0.1) is 11.3 Å². The monoisotopic (exact) mass is 399 g/mol. The third-order valence-corrected chi connectivity index (χ3v) is 4.32. The summed E-state index contributed by atoms with van der Waals surface area (Å²) in [5, 5.41) is 10.2. The van der Waals surface area contributed by atoms with Crippen LogP contribution in [0.25, 0.3) is 0 Å². The Kier molecular flexibility index (Phi) is 7.79. The van der Waals surface area contributed by atoms with Gasteiger partial charge in [0.05, 0.1) is 11.5 Å². The number of rotatable bonds is 9. The number of esters is 1. The van der Waals surface area contributed by atoms with Crippen LogP contribution in [0.15, 0.2) is 48.5 Å². The van der Waals surface area contributed by atoms with Crippen molar-refractivity contribution in [2.75, 3.05) is 19.8 Å². The van der Waals surface area contributed by atoms with E-state index in [2.05, 4.69) is 0 Å². The first-order valence-electron chi connectivity index (χ1n) is 9.63. The summed E-state index contributed by atoms with van der Waals surface area (Å²) >= 11 is 0. The van der Waals surface area contributed by atoms with Crippen molar-refractivity contribution in [1.82, 2.24) is 0 Å². The maximum Gasteiger partial charge on any atom is 0.310 e. The maximum atomic E-state index is 12.4. The molecule has 2 aromatic rings. The molecule has 0 aliphatic rings. The summed E-state index contributed by atoms with van der Waals surface area (Å²) in [7, 11) is 0. The van der Waals surface area contributed by atoms with E-state index in [0.717, 1.165) is 0 Å². The fraction of sp³-hybridized carbons (Fsp3) is 0.391. The fourth-order valence-electron chi connectivity index (χ4n) is 2.96. The molecule has 0 fully saturated rings. The number of ketones is 1. The van der Waals surface area contributed by atoms with E-state index in [1.54, 1.807) is 30.3 Å². The van der Waals surface area contributed by atoms with E-state index < -0.39 is 0 Å². The summed E-state index contributed by atoms with van der Waals surface area (Å²) < 4.78 is 10.8. The average Bonchev–Trinajstić information content (AvgIpc) is 2.69. The average molecular weight is 399 g/mol. The normalized spacial score (nSPS) is 12.3. The molecule has 29 heavy (non-hydrogen) atoms. The van der Waals surface area contributed by atoms with Gasteiger partial charge in [0.1, 0.15) is 24.7 Å². The van der Waals surface area contributed by atoms with Crippen LogP contribution in [-0.2, 0) is 9.53 Å². The van der Waals surface area contributed by atoms with Gasteiger partial charge in [-0.15, -0.1) is 0 Å². The van der Waals surface area contributed by atoms with Crippen LogP contribution < -0.4 is 10.5 Å². The van der Waals surface area contributed by atoms with Crippen molar-refractivity contribution in [3.63, 3.8) is 0 Å². The molecule has 6 heteroatoms. The Balaban J connectivity index is 1.86. The maximum absolute atomic E-state index is 12.4. The van der Waals surface area contributed by atoms with Crippen molar-refractivity contribution in [2.45, 2.75) is 27.2 Å². The van der Waals surface area contributed by atoms with E-state index in [0.29, 0.717) is 17.7 Å². The van der Waals surface area contributed by atoms with Gasteiger partial charge in [-0.05, 0) is 24.0 Å². The quantitative estimate of drug-likeness (QED) is 0.380. The third-order valence-electron chi connectivity index (χ3n) is 4.32. The SMILES string of the molecule is CC(C)(C)CC(CN)C(=O)OCCOc1ccc(C(=O)c2ccccc2)c(O)c1. The van der Waals surface area contributed by atoms with Gasteiger partial charge >= 0.3 is 5.97 Å². The summed E-state index contributed by atoms with van der Waals surface area (Å²) in [5.74, 6) is -0.731. The highest BCUT2D eigenvalue weighted by Crippen LogP contribution is 2.26. The minimum absolute atomic E-state index is 0.0178. The van der Waals surface area contributed by atoms with Crippen LogP contribution in [0.3, 0.4) is 0 Å². The van der Waals surface area contributed by atoms with E-state index in [1.165, 1.54) is 12.1 Å². The van der Waals surface area contributed by atoms with Crippen molar-refractivity contribution in [1.29, 1.82) is 0 Å². The number of benzene rings is 2. The molecule has 1 unspecified atom stereocenters. The van der Waals surface area contributed by atoms with Crippen LogP contribution in [0.2, 0.25) is 0 Å². The third kappa shape index (κ3) is 6.91. The van der Waals surface area contributed by atoms with Gasteiger partial charge < -0.3 is 20.3 Å². The molecule has 156 valence electrons. The number of nitrogens with two attached hydrogens (primary N) is 1. The molecule has 1 atom stereocenters. The predicted octanol–water partition coefficient (Wildman–Crippen LogP) is 3.56. The number of hydrogen-bond donors (Lipinski definition) is 2. The minimum Gasteiger partial charge on any atom is -0.507 e. The second kappa shape index (κ2) is 10.1. The highest BCUT2D eigenvalue weighted by Gasteiger charge is 2.25. The molecule has 0 saturated heterocycles. The Morgan fingerprint density at radius 2 is 1.76 bits per heavy atom. The molecular weight excluding hydrogens is 370 g/mol. The molecule has 0 radical (unpaired) electrons. The first kappa shape index (κ1) is 22.4. The lowest BCUT2D eigenvalue weighted by Crippen LogP contribution is -2.30.